The van der Waals surface area contributed by atoms with Crippen LogP contribution in [0.3, 0.4) is 0 Å². The minimum absolute atomic E-state index is 0.0598. The van der Waals surface area contributed by atoms with Crippen molar-refractivity contribution in [3.05, 3.63) is 101 Å². The Morgan fingerprint density at radius 1 is 1.06 bits per heavy atom. The topological polar surface area (TPSA) is 82.2 Å². The summed E-state index contributed by atoms with van der Waals surface area (Å²) in [5.74, 6) is -0.533. The van der Waals surface area contributed by atoms with E-state index in [0.29, 0.717) is 24.2 Å². The quantitative estimate of drug-likeness (QED) is 0.352. The standard InChI is InChI=1S/C26H22BrFN4O2/c27-19-5-11-22(12-6-19)32-15-23(18-3-7-20(28)8-4-18)25(31-32)26(30-24(33)16-34-26)14-13-17-1-9-21(29)10-2-17/h1-12,15H,13-14,16,29H2,(H,30,33). The molecule has 4 aromatic rings. The maximum absolute atomic E-state index is 13.7. The lowest BCUT2D eigenvalue weighted by Gasteiger charge is -2.27. The van der Waals surface area contributed by atoms with Crippen LogP contribution in [0.1, 0.15) is 17.7 Å². The Balaban J connectivity index is 1.60. The Hall–Kier alpha value is -3.49. The number of carbonyl (C=O) groups excluding carboxylic acids is 1. The third-order valence-corrected chi connectivity index (χ3v) is 6.41. The number of aryl methyl sites for hydroxylation is 1. The molecule has 0 bridgehead atoms. The van der Waals surface area contributed by atoms with E-state index in [-0.39, 0.29) is 18.3 Å². The smallest absolute Gasteiger partial charge is 0.248 e. The normalized spacial score (nSPS) is 17.6. The van der Waals surface area contributed by atoms with Crippen molar-refractivity contribution in [1.82, 2.24) is 15.1 Å². The van der Waals surface area contributed by atoms with E-state index in [1.54, 1.807) is 16.8 Å². The summed E-state index contributed by atoms with van der Waals surface area (Å²) in [4.78, 5) is 12.4. The second kappa shape index (κ2) is 9.04. The molecule has 34 heavy (non-hydrogen) atoms. The molecule has 8 heteroatoms. The van der Waals surface area contributed by atoms with Gasteiger partial charge in [0.05, 0.1) is 5.69 Å². The van der Waals surface area contributed by atoms with Crippen LogP contribution in [0.15, 0.2) is 83.5 Å². The van der Waals surface area contributed by atoms with Gasteiger partial charge in [-0.2, -0.15) is 5.10 Å². The molecule has 2 heterocycles. The molecule has 1 amide bonds. The molecule has 1 aromatic heterocycles. The Morgan fingerprint density at radius 2 is 1.76 bits per heavy atom. The van der Waals surface area contributed by atoms with Crippen molar-refractivity contribution in [3.63, 3.8) is 0 Å². The van der Waals surface area contributed by atoms with Gasteiger partial charge in [0.1, 0.15) is 18.1 Å². The van der Waals surface area contributed by atoms with Crippen molar-refractivity contribution in [2.45, 2.75) is 18.6 Å². The van der Waals surface area contributed by atoms with Gasteiger partial charge in [0.25, 0.3) is 0 Å². The number of aromatic nitrogens is 2. The monoisotopic (exact) mass is 520 g/mol. The maximum Gasteiger partial charge on any atom is 0.248 e. The number of carbonyl (C=O) groups is 1. The molecule has 1 aliphatic rings. The van der Waals surface area contributed by atoms with Gasteiger partial charge >= 0.3 is 0 Å². The number of nitrogens with zero attached hydrogens (tertiary/aromatic N) is 2. The summed E-state index contributed by atoms with van der Waals surface area (Å²) in [6, 6.07) is 21.6. The van der Waals surface area contributed by atoms with Gasteiger partial charge in [0.15, 0.2) is 5.72 Å². The summed E-state index contributed by atoms with van der Waals surface area (Å²) in [6.45, 7) is -0.0598. The molecular formula is C26H22BrFN4O2. The average Bonchev–Trinajstić information content (AvgIpc) is 3.45. The van der Waals surface area contributed by atoms with Crippen molar-refractivity contribution in [3.8, 4) is 16.8 Å². The molecule has 1 aliphatic heterocycles. The van der Waals surface area contributed by atoms with Gasteiger partial charge in [-0.05, 0) is 66.1 Å². The van der Waals surface area contributed by atoms with E-state index in [1.165, 1.54) is 12.1 Å². The molecule has 0 spiro atoms. The highest BCUT2D eigenvalue weighted by Crippen LogP contribution is 2.38. The Morgan fingerprint density at radius 3 is 2.41 bits per heavy atom. The summed E-state index contributed by atoms with van der Waals surface area (Å²) in [5, 5.41) is 7.89. The van der Waals surface area contributed by atoms with Crippen LogP contribution in [-0.4, -0.2) is 22.3 Å². The lowest BCUT2D eigenvalue weighted by atomic mass is 9.94. The molecule has 1 unspecified atom stereocenters. The molecule has 1 saturated heterocycles. The Kier molecular flexibility index (Phi) is 5.93. The number of nitrogen functional groups attached to an aromatic ring is 1. The number of amides is 1. The zero-order valence-corrected chi connectivity index (χ0v) is 19.8. The van der Waals surface area contributed by atoms with Crippen LogP contribution in [0.4, 0.5) is 10.1 Å². The summed E-state index contributed by atoms with van der Waals surface area (Å²) in [7, 11) is 0. The van der Waals surface area contributed by atoms with Gasteiger partial charge in [0, 0.05) is 28.3 Å². The predicted molar refractivity (Wildman–Crippen MR) is 132 cm³/mol. The summed E-state index contributed by atoms with van der Waals surface area (Å²) >= 11 is 3.46. The zero-order valence-electron chi connectivity index (χ0n) is 18.2. The molecule has 6 nitrogen and oxygen atoms in total. The van der Waals surface area contributed by atoms with E-state index < -0.39 is 5.72 Å². The first-order valence-corrected chi connectivity index (χ1v) is 11.6. The highest BCUT2D eigenvalue weighted by molar-refractivity contribution is 9.10. The van der Waals surface area contributed by atoms with Crippen LogP contribution in [0.5, 0.6) is 0 Å². The fourth-order valence-corrected chi connectivity index (χ4v) is 4.37. The molecule has 5 rings (SSSR count). The van der Waals surface area contributed by atoms with E-state index in [1.807, 2.05) is 54.7 Å². The van der Waals surface area contributed by atoms with Crippen LogP contribution >= 0.6 is 15.9 Å². The molecule has 1 atom stereocenters. The van der Waals surface area contributed by atoms with Gasteiger partial charge in [-0.15, -0.1) is 0 Å². The number of benzene rings is 3. The number of nitrogens with two attached hydrogens (primary N) is 1. The average molecular weight is 521 g/mol. The van der Waals surface area contributed by atoms with Crippen molar-refractivity contribution in [2.75, 3.05) is 12.3 Å². The summed E-state index contributed by atoms with van der Waals surface area (Å²) in [6.07, 6.45) is 2.98. The van der Waals surface area contributed by atoms with Gasteiger partial charge in [0.2, 0.25) is 5.91 Å². The number of ether oxygens (including phenoxy) is 1. The van der Waals surface area contributed by atoms with E-state index in [2.05, 4.69) is 21.2 Å². The molecule has 0 aliphatic carbocycles. The first-order valence-electron chi connectivity index (χ1n) is 10.8. The van der Waals surface area contributed by atoms with Crippen molar-refractivity contribution in [1.29, 1.82) is 0 Å². The summed E-state index contributed by atoms with van der Waals surface area (Å²) < 4.78 is 22.5. The number of halogens is 2. The lowest BCUT2D eigenvalue weighted by molar-refractivity contribution is -0.119. The number of hydrogen-bond donors (Lipinski definition) is 2. The van der Waals surface area contributed by atoms with Crippen LogP contribution in [0, 0.1) is 5.82 Å². The van der Waals surface area contributed by atoms with Crippen LogP contribution in [-0.2, 0) is 21.7 Å². The van der Waals surface area contributed by atoms with E-state index in [4.69, 9.17) is 15.6 Å². The van der Waals surface area contributed by atoms with E-state index in [0.717, 1.165) is 26.9 Å². The number of rotatable bonds is 6. The van der Waals surface area contributed by atoms with Crippen LogP contribution in [0.2, 0.25) is 0 Å². The molecular weight excluding hydrogens is 499 g/mol. The van der Waals surface area contributed by atoms with E-state index in [9.17, 15) is 9.18 Å². The minimum Gasteiger partial charge on any atom is -0.399 e. The lowest BCUT2D eigenvalue weighted by Crippen LogP contribution is -2.41. The summed E-state index contributed by atoms with van der Waals surface area (Å²) in [5.41, 5.74) is 9.39. The van der Waals surface area contributed by atoms with Gasteiger partial charge in [-0.25, -0.2) is 9.07 Å². The first-order chi connectivity index (χ1) is 16.4. The third kappa shape index (κ3) is 4.47. The largest absolute Gasteiger partial charge is 0.399 e. The highest BCUT2D eigenvalue weighted by Gasteiger charge is 2.44. The second-order valence-corrected chi connectivity index (χ2v) is 9.14. The maximum atomic E-state index is 13.7. The molecule has 3 N–H and O–H groups in total. The third-order valence-electron chi connectivity index (χ3n) is 5.88. The zero-order chi connectivity index (χ0) is 23.7. The molecule has 1 fully saturated rings. The van der Waals surface area contributed by atoms with Gasteiger partial charge < -0.3 is 15.8 Å². The Labute approximate surface area is 204 Å². The molecule has 172 valence electrons. The minimum atomic E-state index is -1.12. The van der Waals surface area contributed by atoms with Crippen LogP contribution in [0.25, 0.3) is 16.8 Å². The number of hydrogen-bond acceptors (Lipinski definition) is 4. The van der Waals surface area contributed by atoms with Gasteiger partial charge in [-0.3, -0.25) is 4.79 Å². The van der Waals surface area contributed by atoms with Crippen molar-refractivity contribution < 1.29 is 13.9 Å². The fourth-order valence-electron chi connectivity index (χ4n) is 4.11. The molecule has 3 aromatic carbocycles. The van der Waals surface area contributed by atoms with Crippen molar-refractivity contribution >= 4 is 27.5 Å². The number of anilines is 1. The molecule has 0 saturated carbocycles. The first kappa shape index (κ1) is 22.3. The predicted octanol–water partition coefficient (Wildman–Crippen LogP) is 4.96. The SMILES string of the molecule is Nc1ccc(CCC2(c3nn(-c4ccc(Br)cc4)cc3-c3ccc(F)cc3)NC(=O)CO2)cc1. The van der Waals surface area contributed by atoms with E-state index >= 15 is 0 Å². The Bertz CT molecular complexity index is 1320. The van der Waals surface area contributed by atoms with Gasteiger partial charge in [-0.1, -0.05) is 40.2 Å². The van der Waals surface area contributed by atoms with Crippen LogP contribution < -0.4 is 11.1 Å². The van der Waals surface area contributed by atoms with Crippen molar-refractivity contribution in [2.24, 2.45) is 0 Å². The number of nitrogens with one attached hydrogen (secondary N) is 1. The fraction of sp³-hybridized carbons (Fsp3) is 0.154. The highest BCUT2D eigenvalue weighted by atomic mass is 79.9. The second-order valence-electron chi connectivity index (χ2n) is 8.22. The molecule has 0 radical (unpaired) electrons.